The molecule has 0 radical (unpaired) electrons. The monoisotopic (exact) mass is 342 g/mol. The van der Waals surface area contributed by atoms with Gasteiger partial charge < -0.3 is 10.6 Å². The first-order valence-electron chi connectivity index (χ1n) is 8.55. The topological polar surface area (TPSA) is 58.2 Å². The fraction of sp³-hybridized carbons (Fsp3) is 0.0909. The van der Waals surface area contributed by atoms with Crippen molar-refractivity contribution in [1.29, 1.82) is 0 Å². The number of rotatable bonds is 4. The Labute approximate surface area is 151 Å². The van der Waals surface area contributed by atoms with Gasteiger partial charge >= 0.3 is 0 Å². The zero-order valence-electron chi connectivity index (χ0n) is 14.2. The van der Waals surface area contributed by atoms with Gasteiger partial charge in [0.05, 0.1) is 6.54 Å². The number of nitrogens with one attached hydrogen (secondary N) is 2. The second-order valence-electron chi connectivity index (χ2n) is 6.30. The Morgan fingerprint density at radius 2 is 1.54 bits per heavy atom. The number of anilines is 1. The standard InChI is InChI=1S/C22H18N2O2/c25-21(14-23-22(26)15-6-2-1-3-7-15)24-18-11-10-17-12-16-8-4-5-9-19(16)20(17)13-18/h1-11,13H,12,14H2,(H,23,26)(H,24,25). The average molecular weight is 342 g/mol. The molecule has 0 saturated heterocycles. The molecule has 0 aromatic heterocycles. The minimum Gasteiger partial charge on any atom is -0.343 e. The first-order chi connectivity index (χ1) is 12.7. The van der Waals surface area contributed by atoms with E-state index in [0.717, 1.165) is 17.7 Å². The number of benzene rings is 3. The van der Waals surface area contributed by atoms with E-state index in [2.05, 4.69) is 22.8 Å². The van der Waals surface area contributed by atoms with E-state index in [4.69, 9.17) is 0 Å². The summed E-state index contributed by atoms with van der Waals surface area (Å²) >= 11 is 0. The molecule has 1 aliphatic carbocycles. The number of carbonyl (C=O) groups excluding carboxylic acids is 2. The molecule has 0 heterocycles. The van der Waals surface area contributed by atoms with Crippen molar-refractivity contribution < 1.29 is 9.59 Å². The van der Waals surface area contributed by atoms with Crippen molar-refractivity contribution in [2.75, 3.05) is 11.9 Å². The van der Waals surface area contributed by atoms with Crippen LogP contribution in [-0.2, 0) is 11.2 Å². The summed E-state index contributed by atoms with van der Waals surface area (Å²) in [6.45, 7) is -0.0681. The SMILES string of the molecule is O=C(CNC(=O)c1ccccc1)Nc1ccc2c(c1)-c1ccccc1C2. The molecule has 0 saturated carbocycles. The minimum absolute atomic E-state index is 0.0681. The van der Waals surface area contributed by atoms with Crippen LogP contribution in [-0.4, -0.2) is 18.4 Å². The Kier molecular flexibility index (Phi) is 4.23. The Morgan fingerprint density at radius 1 is 0.808 bits per heavy atom. The smallest absolute Gasteiger partial charge is 0.251 e. The molecule has 0 unspecified atom stereocenters. The third-order valence-electron chi connectivity index (χ3n) is 4.53. The van der Waals surface area contributed by atoms with Crippen LogP contribution in [0.3, 0.4) is 0 Å². The molecule has 3 aromatic carbocycles. The first kappa shape index (κ1) is 16.1. The fourth-order valence-corrected chi connectivity index (χ4v) is 3.26. The molecule has 4 nitrogen and oxygen atoms in total. The fourth-order valence-electron chi connectivity index (χ4n) is 3.26. The van der Waals surface area contributed by atoms with E-state index in [-0.39, 0.29) is 18.4 Å². The van der Waals surface area contributed by atoms with Gasteiger partial charge in [0.1, 0.15) is 0 Å². The Balaban J connectivity index is 1.41. The van der Waals surface area contributed by atoms with Gasteiger partial charge in [0.25, 0.3) is 5.91 Å². The second kappa shape index (κ2) is 6.84. The summed E-state index contributed by atoms with van der Waals surface area (Å²) in [6.07, 6.45) is 0.923. The molecule has 0 bridgehead atoms. The van der Waals surface area contributed by atoms with E-state index in [1.54, 1.807) is 24.3 Å². The van der Waals surface area contributed by atoms with Crippen LogP contribution < -0.4 is 10.6 Å². The van der Waals surface area contributed by atoms with Crippen LogP contribution in [0.5, 0.6) is 0 Å². The molecule has 128 valence electrons. The van der Waals surface area contributed by atoms with Gasteiger partial charge in [-0.2, -0.15) is 0 Å². The second-order valence-corrected chi connectivity index (χ2v) is 6.30. The van der Waals surface area contributed by atoms with Crippen LogP contribution in [0.2, 0.25) is 0 Å². The maximum atomic E-state index is 12.2. The van der Waals surface area contributed by atoms with Crippen molar-refractivity contribution in [3.05, 3.63) is 89.5 Å². The predicted molar refractivity (Wildman–Crippen MR) is 102 cm³/mol. The molecule has 4 rings (SSSR count). The van der Waals surface area contributed by atoms with Gasteiger partial charge in [-0.1, -0.05) is 48.5 Å². The van der Waals surface area contributed by atoms with Crippen LogP contribution >= 0.6 is 0 Å². The third-order valence-corrected chi connectivity index (χ3v) is 4.53. The van der Waals surface area contributed by atoms with Gasteiger partial charge in [0, 0.05) is 11.3 Å². The minimum atomic E-state index is -0.261. The highest BCUT2D eigenvalue weighted by atomic mass is 16.2. The molecule has 0 spiro atoms. The lowest BCUT2D eigenvalue weighted by Gasteiger charge is -2.09. The number of hydrogen-bond acceptors (Lipinski definition) is 2. The van der Waals surface area contributed by atoms with Crippen molar-refractivity contribution in [2.24, 2.45) is 0 Å². The van der Waals surface area contributed by atoms with E-state index in [9.17, 15) is 9.59 Å². The molecular formula is C22H18N2O2. The summed E-state index contributed by atoms with van der Waals surface area (Å²) in [5.41, 5.74) is 6.22. The van der Waals surface area contributed by atoms with Crippen molar-refractivity contribution in [2.45, 2.75) is 6.42 Å². The lowest BCUT2D eigenvalue weighted by atomic mass is 10.1. The van der Waals surface area contributed by atoms with Gasteiger partial charge in [-0.05, 0) is 52.9 Å². The molecule has 3 aromatic rings. The summed E-state index contributed by atoms with van der Waals surface area (Å²) in [7, 11) is 0. The average Bonchev–Trinajstić information content (AvgIpc) is 3.05. The van der Waals surface area contributed by atoms with Crippen LogP contribution in [0.25, 0.3) is 11.1 Å². The van der Waals surface area contributed by atoms with Gasteiger partial charge in [0.2, 0.25) is 5.91 Å². The lowest BCUT2D eigenvalue weighted by molar-refractivity contribution is -0.115. The summed E-state index contributed by atoms with van der Waals surface area (Å²) in [4.78, 5) is 24.2. The highest BCUT2D eigenvalue weighted by Gasteiger charge is 2.18. The van der Waals surface area contributed by atoms with Crippen molar-refractivity contribution in [3.63, 3.8) is 0 Å². The van der Waals surface area contributed by atoms with Crippen molar-refractivity contribution in [3.8, 4) is 11.1 Å². The van der Waals surface area contributed by atoms with Crippen LogP contribution in [0.1, 0.15) is 21.5 Å². The Bertz CT molecular complexity index is 980. The Hall–Kier alpha value is -3.40. The van der Waals surface area contributed by atoms with Crippen molar-refractivity contribution >= 4 is 17.5 Å². The highest BCUT2D eigenvalue weighted by Crippen LogP contribution is 2.37. The summed E-state index contributed by atoms with van der Waals surface area (Å²) in [6, 6.07) is 23.1. The molecule has 1 aliphatic rings. The molecule has 0 fully saturated rings. The number of amides is 2. The van der Waals surface area contributed by atoms with E-state index in [1.165, 1.54) is 16.7 Å². The zero-order chi connectivity index (χ0) is 17.9. The number of fused-ring (bicyclic) bond motifs is 3. The summed E-state index contributed by atoms with van der Waals surface area (Å²) < 4.78 is 0. The van der Waals surface area contributed by atoms with E-state index in [1.807, 2.05) is 36.4 Å². The largest absolute Gasteiger partial charge is 0.343 e. The zero-order valence-corrected chi connectivity index (χ0v) is 14.2. The molecule has 0 atom stereocenters. The van der Waals surface area contributed by atoms with Gasteiger partial charge in [-0.15, -0.1) is 0 Å². The van der Waals surface area contributed by atoms with Crippen LogP contribution in [0, 0.1) is 0 Å². The van der Waals surface area contributed by atoms with Crippen molar-refractivity contribution in [1.82, 2.24) is 5.32 Å². The van der Waals surface area contributed by atoms with Gasteiger partial charge in [0.15, 0.2) is 0 Å². The quantitative estimate of drug-likeness (QED) is 0.595. The maximum Gasteiger partial charge on any atom is 0.251 e. The first-order valence-corrected chi connectivity index (χ1v) is 8.55. The molecule has 26 heavy (non-hydrogen) atoms. The predicted octanol–water partition coefficient (Wildman–Crippen LogP) is 3.63. The van der Waals surface area contributed by atoms with Crippen LogP contribution in [0.4, 0.5) is 5.69 Å². The molecule has 2 N–H and O–H groups in total. The summed E-state index contributed by atoms with van der Waals surface area (Å²) in [5, 5.41) is 5.49. The molecule has 4 heteroatoms. The molecular weight excluding hydrogens is 324 g/mol. The highest BCUT2D eigenvalue weighted by molar-refractivity contribution is 5.99. The van der Waals surface area contributed by atoms with Crippen LogP contribution in [0.15, 0.2) is 72.8 Å². The van der Waals surface area contributed by atoms with Gasteiger partial charge in [-0.25, -0.2) is 0 Å². The van der Waals surface area contributed by atoms with Gasteiger partial charge in [-0.3, -0.25) is 9.59 Å². The normalized spacial score (nSPS) is 11.4. The van der Waals surface area contributed by atoms with E-state index < -0.39 is 0 Å². The summed E-state index contributed by atoms with van der Waals surface area (Å²) in [5.74, 6) is -0.510. The maximum absolute atomic E-state index is 12.2. The third kappa shape index (κ3) is 3.22. The van der Waals surface area contributed by atoms with E-state index in [0.29, 0.717) is 5.56 Å². The lowest BCUT2D eigenvalue weighted by Crippen LogP contribution is -2.32. The Morgan fingerprint density at radius 3 is 2.38 bits per heavy atom. The van der Waals surface area contributed by atoms with E-state index >= 15 is 0 Å². The number of hydrogen-bond donors (Lipinski definition) is 2. The number of carbonyl (C=O) groups is 2. The molecule has 2 amide bonds. The molecule has 0 aliphatic heterocycles.